The summed E-state index contributed by atoms with van der Waals surface area (Å²) in [4.78, 5) is 45.3. The van der Waals surface area contributed by atoms with Gasteiger partial charge >= 0.3 is 12.2 Å². The van der Waals surface area contributed by atoms with Crippen LogP contribution in [0.3, 0.4) is 0 Å². The highest BCUT2D eigenvalue weighted by Crippen LogP contribution is 2.27. The summed E-state index contributed by atoms with van der Waals surface area (Å²) < 4.78 is 10.3. The van der Waals surface area contributed by atoms with Crippen LogP contribution in [0.15, 0.2) is 0 Å². The van der Waals surface area contributed by atoms with Gasteiger partial charge in [-0.05, 0) is 93.9 Å². The Morgan fingerprint density at radius 1 is 0.625 bits per heavy atom. The van der Waals surface area contributed by atoms with Crippen molar-refractivity contribution in [2.75, 3.05) is 0 Å². The second-order valence-electron chi connectivity index (χ2n) is 10.9. The summed E-state index contributed by atoms with van der Waals surface area (Å²) in [5.41, 5.74) is -0.939. The van der Waals surface area contributed by atoms with E-state index in [0.29, 0.717) is 0 Å². The van der Waals surface area contributed by atoms with E-state index in [9.17, 15) is 19.2 Å². The van der Waals surface area contributed by atoms with Crippen LogP contribution in [0, 0.1) is 11.8 Å². The lowest BCUT2D eigenvalue weighted by molar-refractivity contribution is -0.121. The summed E-state index contributed by atoms with van der Waals surface area (Å²) in [6.45, 7) is 14.2. The number of carbonyl (C=O) groups is 4. The third kappa shape index (κ3) is 11.5. The quantitative estimate of drug-likeness (QED) is 0.645. The Hall–Kier alpha value is -2.12. The van der Waals surface area contributed by atoms with E-state index in [0.717, 1.165) is 38.5 Å². The monoisotopic (exact) mass is 454 g/mol. The summed E-state index contributed by atoms with van der Waals surface area (Å²) in [5, 5.41) is 5.61. The zero-order chi connectivity index (χ0) is 24.7. The van der Waals surface area contributed by atoms with Crippen LogP contribution in [-0.4, -0.2) is 47.0 Å². The molecule has 0 bridgehead atoms. The maximum Gasteiger partial charge on any atom is 0.407 e. The lowest BCUT2D eigenvalue weighted by Crippen LogP contribution is -2.38. The van der Waals surface area contributed by atoms with Crippen LogP contribution in [0.1, 0.15) is 93.9 Å². The molecule has 8 heteroatoms. The third-order valence-electron chi connectivity index (χ3n) is 5.46. The summed E-state index contributed by atoms with van der Waals surface area (Å²) in [7, 11) is 0. The topological polar surface area (TPSA) is 111 Å². The van der Waals surface area contributed by atoms with Gasteiger partial charge in [-0.3, -0.25) is 9.59 Å². The van der Waals surface area contributed by atoms with Gasteiger partial charge in [0.15, 0.2) is 0 Å². The minimum atomic E-state index is -0.470. The second kappa shape index (κ2) is 11.7. The van der Waals surface area contributed by atoms with Gasteiger partial charge in [-0.25, -0.2) is 9.59 Å². The first-order valence-corrected chi connectivity index (χ1v) is 11.6. The van der Waals surface area contributed by atoms with E-state index in [1.165, 1.54) is 0 Å². The highest BCUT2D eigenvalue weighted by atomic mass is 16.6. The molecule has 0 unspecified atom stereocenters. The van der Waals surface area contributed by atoms with Crippen LogP contribution < -0.4 is 10.6 Å². The Morgan fingerprint density at radius 2 is 0.938 bits per heavy atom. The van der Waals surface area contributed by atoms with Gasteiger partial charge in [0.05, 0.1) is 0 Å². The Bertz CT molecular complexity index is 619. The molecule has 0 aromatic heterocycles. The molecule has 2 amide bonds. The van der Waals surface area contributed by atoms with Crippen molar-refractivity contribution >= 4 is 23.8 Å². The predicted molar refractivity (Wildman–Crippen MR) is 122 cm³/mol. The molecule has 0 aliphatic heterocycles. The van der Waals surface area contributed by atoms with Gasteiger partial charge in [-0.2, -0.15) is 0 Å². The fourth-order valence-electron chi connectivity index (χ4n) is 3.91. The van der Waals surface area contributed by atoms with Gasteiger partial charge in [0.1, 0.15) is 22.8 Å². The van der Waals surface area contributed by atoms with Crippen molar-refractivity contribution in [3.63, 3.8) is 0 Å². The largest absolute Gasteiger partial charge is 0.444 e. The standard InChI is InChI=1S/2C12H21NO3/c2*1-8(14)9-5-6-10(7-9)13-11(15)16-12(2,3)4/h2*9-10H,5-7H2,1-4H3,(H,13,15)/t2*9-,10+/m10/s1. The average Bonchev–Trinajstić information content (AvgIpc) is 3.21. The molecule has 0 radical (unpaired) electrons. The van der Waals surface area contributed by atoms with Gasteiger partial charge in [0.25, 0.3) is 0 Å². The Morgan fingerprint density at radius 3 is 1.16 bits per heavy atom. The second-order valence-corrected chi connectivity index (χ2v) is 10.9. The van der Waals surface area contributed by atoms with Crippen molar-refractivity contribution in [3.05, 3.63) is 0 Å². The van der Waals surface area contributed by atoms with Crippen molar-refractivity contribution in [2.45, 2.75) is 117 Å². The molecule has 0 heterocycles. The van der Waals surface area contributed by atoms with Gasteiger partial charge in [0, 0.05) is 23.9 Å². The minimum Gasteiger partial charge on any atom is -0.444 e. The lowest BCUT2D eigenvalue weighted by Gasteiger charge is -2.21. The molecule has 2 rings (SSSR count). The molecule has 2 saturated carbocycles. The number of ketones is 2. The predicted octanol–water partition coefficient (Wildman–Crippen LogP) is 4.54. The fraction of sp³-hybridized carbons (Fsp3) is 0.833. The van der Waals surface area contributed by atoms with Crippen LogP contribution in [0.25, 0.3) is 0 Å². The average molecular weight is 455 g/mol. The van der Waals surface area contributed by atoms with E-state index in [2.05, 4.69) is 10.6 Å². The van der Waals surface area contributed by atoms with Gasteiger partial charge in [-0.1, -0.05) is 0 Å². The number of carbonyl (C=O) groups excluding carboxylic acids is 4. The summed E-state index contributed by atoms with van der Waals surface area (Å²) in [6.07, 6.45) is 4.19. The molecule has 2 N–H and O–H groups in total. The van der Waals surface area contributed by atoms with Crippen LogP contribution in [0.4, 0.5) is 9.59 Å². The van der Waals surface area contributed by atoms with E-state index >= 15 is 0 Å². The maximum atomic E-state index is 11.5. The number of nitrogens with one attached hydrogen (secondary N) is 2. The smallest absolute Gasteiger partial charge is 0.407 e. The highest BCUT2D eigenvalue weighted by molar-refractivity contribution is 5.79. The molecule has 2 aliphatic rings. The van der Waals surface area contributed by atoms with Crippen LogP contribution in [0.5, 0.6) is 0 Å². The molecule has 0 aromatic carbocycles. The normalized spacial score (nSPS) is 25.2. The van der Waals surface area contributed by atoms with Crippen molar-refractivity contribution < 1.29 is 28.7 Å². The minimum absolute atomic E-state index is 0.0868. The number of ether oxygens (including phenoxy) is 2. The Labute approximate surface area is 192 Å². The van der Waals surface area contributed by atoms with E-state index in [1.807, 2.05) is 41.5 Å². The van der Waals surface area contributed by atoms with Crippen molar-refractivity contribution in [1.82, 2.24) is 10.6 Å². The maximum absolute atomic E-state index is 11.5. The SMILES string of the molecule is CC(=O)[C@@H]1CC[C@H](NC(=O)OC(C)(C)C)C1.CC(=O)[C@H]1CC[C@@H](NC(=O)OC(C)(C)C)C1. The van der Waals surface area contributed by atoms with Crippen molar-refractivity contribution in [3.8, 4) is 0 Å². The van der Waals surface area contributed by atoms with Crippen LogP contribution >= 0.6 is 0 Å². The molecule has 32 heavy (non-hydrogen) atoms. The molecule has 0 saturated heterocycles. The lowest BCUT2D eigenvalue weighted by atomic mass is 10.0. The van der Waals surface area contributed by atoms with Gasteiger partial charge < -0.3 is 20.1 Å². The molecule has 4 atom stereocenters. The number of Topliss-reactive ketones (excluding diaryl/α,β-unsaturated/α-hetero) is 2. The summed E-state index contributed by atoms with van der Waals surface area (Å²) in [5.74, 6) is 0.654. The fourth-order valence-corrected chi connectivity index (χ4v) is 3.91. The summed E-state index contributed by atoms with van der Waals surface area (Å²) >= 11 is 0. The van der Waals surface area contributed by atoms with Crippen LogP contribution in [-0.2, 0) is 19.1 Å². The van der Waals surface area contributed by atoms with Gasteiger partial charge in [-0.15, -0.1) is 0 Å². The Kier molecular flexibility index (Phi) is 10.2. The third-order valence-corrected chi connectivity index (χ3v) is 5.46. The highest BCUT2D eigenvalue weighted by Gasteiger charge is 2.30. The summed E-state index contributed by atoms with van der Waals surface area (Å²) in [6, 6.07) is 0.174. The molecule has 2 fully saturated rings. The molecular formula is C24H42N2O6. The molecule has 184 valence electrons. The Balaban J connectivity index is 0.000000320. The number of alkyl carbamates (subject to hydrolysis) is 2. The first kappa shape index (κ1) is 27.9. The molecule has 8 nitrogen and oxygen atoms in total. The van der Waals surface area contributed by atoms with Crippen molar-refractivity contribution in [2.24, 2.45) is 11.8 Å². The molecule has 2 aliphatic carbocycles. The number of rotatable bonds is 4. The van der Waals surface area contributed by atoms with Crippen molar-refractivity contribution in [1.29, 1.82) is 0 Å². The van der Waals surface area contributed by atoms with E-state index < -0.39 is 11.2 Å². The number of amides is 2. The zero-order valence-corrected chi connectivity index (χ0v) is 21.0. The number of hydrogen-bond donors (Lipinski definition) is 2. The zero-order valence-electron chi connectivity index (χ0n) is 21.0. The first-order chi connectivity index (χ1) is 14.6. The first-order valence-electron chi connectivity index (χ1n) is 11.6. The van der Waals surface area contributed by atoms with E-state index in [-0.39, 0.29) is 47.7 Å². The molecule has 0 spiro atoms. The molecule has 0 aromatic rings. The number of hydrogen-bond acceptors (Lipinski definition) is 6. The van der Waals surface area contributed by atoms with E-state index in [1.54, 1.807) is 13.8 Å². The molecular weight excluding hydrogens is 412 g/mol. The van der Waals surface area contributed by atoms with Crippen LogP contribution in [0.2, 0.25) is 0 Å². The van der Waals surface area contributed by atoms with Gasteiger partial charge in [0.2, 0.25) is 0 Å². The van der Waals surface area contributed by atoms with E-state index in [4.69, 9.17) is 9.47 Å².